The topological polar surface area (TPSA) is 17.8 Å². The Bertz CT molecular complexity index is 521. The molecule has 2 nitrogen and oxygen atoms in total. The fourth-order valence-corrected chi connectivity index (χ4v) is 3.22. The Kier molecular flexibility index (Phi) is 5.63. The summed E-state index contributed by atoms with van der Waals surface area (Å²) in [5.41, 5.74) is 2.38. The SMILES string of the molecule is CCCC(CCC)CCCc1nc2ccccc2n1C. The average molecular weight is 272 g/mol. The Morgan fingerprint density at radius 1 is 1.05 bits per heavy atom. The molecule has 1 aromatic carbocycles. The molecular weight excluding hydrogens is 244 g/mol. The van der Waals surface area contributed by atoms with Gasteiger partial charge in [-0.1, -0.05) is 58.1 Å². The van der Waals surface area contributed by atoms with Crippen molar-refractivity contribution in [3.63, 3.8) is 0 Å². The van der Waals surface area contributed by atoms with E-state index in [4.69, 9.17) is 4.98 Å². The van der Waals surface area contributed by atoms with Gasteiger partial charge in [0.25, 0.3) is 0 Å². The van der Waals surface area contributed by atoms with Crippen molar-refractivity contribution in [3.8, 4) is 0 Å². The van der Waals surface area contributed by atoms with Gasteiger partial charge < -0.3 is 4.57 Å². The van der Waals surface area contributed by atoms with Gasteiger partial charge in [-0.25, -0.2) is 4.98 Å². The van der Waals surface area contributed by atoms with Crippen molar-refractivity contribution in [1.29, 1.82) is 0 Å². The quantitative estimate of drug-likeness (QED) is 0.652. The summed E-state index contributed by atoms with van der Waals surface area (Å²) < 4.78 is 2.25. The van der Waals surface area contributed by atoms with E-state index in [2.05, 4.69) is 49.7 Å². The van der Waals surface area contributed by atoms with Crippen molar-refractivity contribution in [2.24, 2.45) is 13.0 Å². The molecule has 0 atom stereocenters. The minimum Gasteiger partial charge on any atom is -0.331 e. The van der Waals surface area contributed by atoms with Crippen molar-refractivity contribution in [2.45, 2.75) is 58.8 Å². The van der Waals surface area contributed by atoms with E-state index in [-0.39, 0.29) is 0 Å². The molecule has 0 aliphatic carbocycles. The maximum atomic E-state index is 4.76. The molecule has 0 amide bonds. The second-order valence-electron chi connectivity index (χ2n) is 5.91. The lowest BCUT2D eigenvalue weighted by molar-refractivity contribution is 0.398. The van der Waals surface area contributed by atoms with Crippen LogP contribution in [0.3, 0.4) is 0 Å². The molecule has 0 saturated heterocycles. The Labute approximate surface area is 123 Å². The Morgan fingerprint density at radius 2 is 1.75 bits per heavy atom. The van der Waals surface area contributed by atoms with E-state index in [0.717, 1.165) is 17.9 Å². The fourth-order valence-electron chi connectivity index (χ4n) is 3.22. The Hall–Kier alpha value is -1.31. The van der Waals surface area contributed by atoms with Crippen LogP contribution in [0.25, 0.3) is 11.0 Å². The van der Waals surface area contributed by atoms with Gasteiger partial charge in [0.1, 0.15) is 5.82 Å². The lowest BCUT2D eigenvalue weighted by Gasteiger charge is -2.14. The lowest BCUT2D eigenvalue weighted by atomic mass is 9.92. The van der Waals surface area contributed by atoms with E-state index in [0.29, 0.717) is 0 Å². The predicted octanol–water partition coefficient (Wildman–Crippen LogP) is 5.11. The molecule has 110 valence electrons. The summed E-state index contributed by atoms with van der Waals surface area (Å²) in [6, 6.07) is 8.42. The van der Waals surface area contributed by atoms with Crippen LogP contribution in [0.15, 0.2) is 24.3 Å². The van der Waals surface area contributed by atoms with E-state index in [9.17, 15) is 0 Å². The smallest absolute Gasteiger partial charge is 0.109 e. The van der Waals surface area contributed by atoms with Gasteiger partial charge in [0.05, 0.1) is 11.0 Å². The van der Waals surface area contributed by atoms with Gasteiger partial charge in [-0.2, -0.15) is 0 Å². The predicted molar refractivity (Wildman–Crippen MR) is 87.0 cm³/mol. The third-order valence-electron chi connectivity index (χ3n) is 4.29. The molecule has 20 heavy (non-hydrogen) atoms. The molecule has 1 aromatic heterocycles. The molecule has 0 aliphatic heterocycles. The summed E-state index contributed by atoms with van der Waals surface area (Å²) in [5.74, 6) is 2.15. The molecule has 0 spiro atoms. The fraction of sp³-hybridized carbons (Fsp3) is 0.611. The minimum atomic E-state index is 0.916. The molecule has 0 radical (unpaired) electrons. The number of fused-ring (bicyclic) bond motifs is 1. The summed E-state index contributed by atoms with van der Waals surface area (Å²) in [4.78, 5) is 4.76. The van der Waals surface area contributed by atoms with Crippen molar-refractivity contribution in [1.82, 2.24) is 9.55 Å². The monoisotopic (exact) mass is 272 g/mol. The number of hydrogen-bond donors (Lipinski definition) is 0. The molecule has 0 unspecified atom stereocenters. The van der Waals surface area contributed by atoms with Crippen molar-refractivity contribution < 1.29 is 0 Å². The molecule has 0 saturated carbocycles. The van der Waals surface area contributed by atoms with E-state index in [1.165, 1.54) is 49.9 Å². The number of imidazole rings is 1. The van der Waals surface area contributed by atoms with Gasteiger partial charge in [0.2, 0.25) is 0 Å². The van der Waals surface area contributed by atoms with Gasteiger partial charge in [0, 0.05) is 13.5 Å². The Balaban J connectivity index is 1.93. The van der Waals surface area contributed by atoms with E-state index in [1.54, 1.807) is 0 Å². The van der Waals surface area contributed by atoms with Gasteiger partial charge in [-0.15, -0.1) is 0 Å². The first-order valence-corrected chi connectivity index (χ1v) is 8.16. The standard InChI is InChI=1S/C18H28N2/c1-4-9-15(10-5-2)11-8-14-18-19-16-12-6-7-13-17(16)20(18)3/h6-7,12-13,15H,4-5,8-11,14H2,1-3H3. The highest BCUT2D eigenvalue weighted by Gasteiger charge is 2.10. The normalized spacial score (nSPS) is 11.6. The number of rotatable bonds is 8. The number of aryl methyl sites for hydroxylation is 2. The molecular formula is C18H28N2. The zero-order chi connectivity index (χ0) is 14.4. The van der Waals surface area contributed by atoms with Gasteiger partial charge in [-0.3, -0.25) is 0 Å². The molecule has 0 aliphatic rings. The summed E-state index contributed by atoms with van der Waals surface area (Å²) >= 11 is 0. The third-order valence-corrected chi connectivity index (χ3v) is 4.29. The van der Waals surface area contributed by atoms with Crippen LogP contribution in [0.1, 0.15) is 58.2 Å². The van der Waals surface area contributed by atoms with Gasteiger partial charge in [0.15, 0.2) is 0 Å². The molecule has 2 rings (SSSR count). The third kappa shape index (κ3) is 3.62. The maximum absolute atomic E-state index is 4.76. The van der Waals surface area contributed by atoms with Gasteiger partial charge in [-0.05, 0) is 24.5 Å². The van der Waals surface area contributed by atoms with Crippen LogP contribution in [0.2, 0.25) is 0 Å². The van der Waals surface area contributed by atoms with E-state index in [1.807, 2.05) is 0 Å². The van der Waals surface area contributed by atoms with Crippen LogP contribution in [-0.2, 0) is 13.5 Å². The molecule has 1 heterocycles. The zero-order valence-corrected chi connectivity index (χ0v) is 13.2. The number of benzene rings is 1. The first-order chi connectivity index (χ1) is 9.76. The van der Waals surface area contributed by atoms with Crippen LogP contribution in [0.5, 0.6) is 0 Å². The van der Waals surface area contributed by atoms with Crippen LogP contribution >= 0.6 is 0 Å². The maximum Gasteiger partial charge on any atom is 0.109 e. The molecule has 0 N–H and O–H groups in total. The largest absolute Gasteiger partial charge is 0.331 e. The first-order valence-electron chi connectivity index (χ1n) is 8.16. The zero-order valence-electron chi connectivity index (χ0n) is 13.2. The molecule has 2 heteroatoms. The minimum absolute atomic E-state index is 0.916. The molecule has 0 bridgehead atoms. The summed E-state index contributed by atoms with van der Waals surface area (Å²) in [6.45, 7) is 4.60. The van der Waals surface area contributed by atoms with E-state index < -0.39 is 0 Å². The second-order valence-corrected chi connectivity index (χ2v) is 5.91. The highest BCUT2D eigenvalue weighted by Crippen LogP contribution is 2.21. The number of nitrogens with zero attached hydrogens (tertiary/aromatic N) is 2. The summed E-state index contributed by atoms with van der Waals surface area (Å²) in [7, 11) is 2.14. The summed E-state index contributed by atoms with van der Waals surface area (Å²) in [5, 5.41) is 0. The lowest BCUT2D eigenvalue weighted by Crippen LogP contribution is -2.03. The first kappa shape index (κ1) is 15.1. The van der Waals surface area contributed by atoms with Crippen LogP contribution in [0, 0.1) is 5.92 Å². The van der Waals surface area contributed by atoms with Crippen LogP contribution in [0.4, 0.5) is 0 Å². The average Bonchev–Trinajstić information content (AvgIpc) is 2.77. The molecule has 2 aromatic rings. The highest BCUT2D eigenvalue weighted by atomic mass is 15.1. The van der Waals surface area contributed by atoms with Gasteiger partial charge >= 0.3 is 0 Å². The highest BCUT2D eigenvalue weighted by molar-refractivity contribution is 5.75. The van der Waals surface area contributed by atoms with Crippen LogP contribution in [-0.4, -0.2) is 9.55 Å². The van der Waals surface area contributed by atoms with Crippen molar-refractivity contribution in [3.05, 3.63) is 30.1 Å². The molecule has 0 fully saturated rings. The second kappa shape index (κ2) is 7.47. The summed E-state index contributed by atoms with van der Waals surface area (Å²) in [6.07, 6.45) is 9.13. The Morgan fingerprint density at radius 3 is 2.40 bits per heavy atom. The van der Waals surface area contributed by atoms with E-state index >= 15 is 0 Å². The number of aromatic nitrogens is 2. The van der Waals surface area contributed by atoms with Crippen molar-refractivity contribution >= 4 is 11.0 Å². The number of hydrogen-bond acceptors (Lipinski definition) is 1. The van der Waals surface area contributed by atoms with Crippen molar-refractivity contribution in [2.75, 3.05) is 0 Å². The number of para-hydroxylation sites is 2. The van der Waals surface area contributed by atoms with Crippen LogP contribution < -0.4 is 0 Å².